The number of nitrogens with one attached hydrogen (secondary N) is 3. The number of hydrogen-bond donors (Lipinski definition) is 4. The number of benzene rings is 1. The SMILES string of the molecule is CC(C)[C@@H]1NC(=O)C[C@@H](C(=O)O)NC(=O)c2ccccc2OC[C@@H](C)NC1=O. The summed E-state index contributed by atoms with van der Waals surface area (Å²) in [6.45, 7) is 5.37. The zero-order chi connectivity index (χ0) is 20.8. The summed E-state index contributed by atoms with van der Waals surface area (Å²) in [6, 6.07) is 3.70. The molecule has 1 aliphatic heterocycles. The lowest BCUT2D eigenvalue weighted by molar-refractivity contribution is -0.141. The molecule has 9 nitrogen and oxygen atoms in total. The van der Waals surface area contributed by atoms with Crippen molar-refractivity contribution in [1.29, 1.82) is 0 Å². The number of para-hydroxylation sites is 1. The Balaban J connectivity index is 2.36. The van der Waals surface area contributed by atoms with Gasteiger partial charge in [0, 0.05) is 0 Å². The molecule has 0 aromatic heterocycles. The molecular weight excluding hydrogens is 366 g/mol. The predicted molar refractivity (Wildman–Crippen MR) is 99.8 cm³/mol. The molecule has 1 aliphatic rings. The molecule has 4 N–H and O–H groups in total. The Morgan fingerprint density at radius 3 is 2.46 bits per heavy atom. The third kappa shape index (κ3) is 5.45. The summed E-state index contributed by atoms with van der Waals surface area (Å²) >= 11 is 0. The van der Waals surface area contributed by atoms with Crippen molar-refractivity contribution in [1.82, 2.24) is 16.0 Å². The number of carbonyl (C=O) groups is 4. The standard InChI is InChI=1S/C19H25N3O6/c1-10(2)16-18(25)20-11(3)9-28-14-7-5-4-6-12(14)17(24)21-13(19(26)27)8-15(23)22-16/h4-7,10-11,13,16H,8-9H2,1-3H3,(H,20,25)(H,21,24)(H,22,23)(H,26,27)/t11-,13+,16+/m1/s1. The first-order valence-corrected chi connectivity index (χ1v) is 9.04. The van der Waals surface area contributed by atoms with E-state index in [0.29, 0.717) is 0 Å². The summed E-state index contributed by atoms with van der Waals surface area (Å²) in [5.41, 5.74) is 0.143. The number of hydrogen-bond acceptors (Lipinski definition) is 5. The fourth-order valence-corrected chi connectivity index (χ4v) is 2.76. The maximum absolute atomic E-state index is 12.5. The van der Waals surface area contributed by atoms with Gasteiger partial charge in [0.2, 0.25) is 11.8 Å². The summed E-state index contributed by atoms with van der Waals surface area (Å²) in [5.74, 6) is -3.01. The monoisotopic (exact) mass is 391 g/mol. The van der Waals surface area contributed by atoms with Crippen LogP contribution in [0.4, 0.5) is 0 Å². The second-order valence-electron chi connectivity index (χ2n) is 7.07. The lowest BCUT2D eigenvalue weighted by atomic mass is 10.0. The summed E-state index contributed by atoms with van der Waals surface area (Å²) < 4.78 is 5.67. The highest BCUT2D eigenvalue weighted by Gasteiger charge is 2.30. The fraction of sp³-hybridized carbons (Fsp3) is 0.474. The Morgan fingerprint density at radius 1 is 1.14 bits per heavy atom. The van der Waals surface area contributed by atoms with Crippen LogP contribution in [0, 0.1) is 5.92 Å². The molecule has 0 saturated carbocycles. The van der Waals surface area contributed by atoms with E-state index in [4.69, 9.17) is 4.74 Å². The molecule has 2 rings (SSSR count). The van der Waals surface area contributed by atoms with Crippen molar-refractivity contribution in [2.75, 3.05) is 6.61 Å². The molecule has 1 aromatic rings. The van der Waals surface area contributed by atoms with Gasteiger partial charge in [0.15, 0.2) is 0 Å². The average Bonchev–Trinajstić information content (AvgIpc) is 2.62. The molecule has 0 unspecified atom stereocenters. The Morgan fingerprint density at radius 2 is 1.82 bits per heavy atom. The quantitative estimate of drug-likeness (QED) is 0.573. The largest absolute Gasteiger partial charge is 0.491 e. The van der Waals surface area contributed by atoms with E-state index in [1.807, 2.05) is 0 Å². The van der Waals surface area contributed by atoms with Crippen LogP contribution < -0.4 is 20.7 Å². The second kappa shape index (κ2) is 9.20. The van der Waals surface area contributed by atoms with E-state index in [1.165, 1.54) is 6.07 Å². The van der Waals surface area contributed by atoms with Crippen LogP contribution in [0.25, 0.3) is 0 Å². The normalized spacial score (nSPS) is 24.1. The van der Waals surface area contributed by atoms with E-state index in [1.54, 1.807) is 39.0 Å². The van der Waals surface area contributed by atoms with Gasteiger partial charge in [0.1, 0.15) is 24.4 Å². The van der Waals surface area contributed by atoms with Crippen LogP contribution in [0.2, 0.25) is 0 Å². The molecule has 0 radical (unpaired) electrons. The number of fused-ring (bicyclic) bond motifs is 1. The van der Waals surface area contributed by atoms with Gasteiger partial charge in [-0.1, -0.05) is 26.0 Å². The second-order valence-corrected chi connectivity index (χ2v) is 7.07. The molecule has 1 heterocycles. The third-order valence-electron chi connectivity index (χ3n) is 4.27. The lowest BCUT2D eigenvalue weighted by Crippen LogP contribution is -2.54. The van der Waals surface area contributed by atoms with Gasteiger partial charge in [-0.25, -0.2) is 4.79 Å². The Kier molecular flexibility index (Phi) is 6.97. The summed E-state index contributed by atoms with van der Waals surface area (Å²) in [6.07, 6.45) is -0.504. The smallest absolute Gasteiger partial charge is 0.326 e. The highest BCUT2D eigenvalue weighted by Crippen LogP contribution is 2.19. The Hall–Kier alpha value is -3.10. The van der Waals surface area contributed by atoms with Crippen molar-refractivity contribution in [3.63, 3.8) is 0 Å². The molecule has 0 bridgehead atoms. The molecule has 152 valence electrons. The number of amides is 3. The number of carboxylic acids is 1. The van der Waals surface area contributed by atoms with Gasteiger partial charge in [-0.05, 0) is 25.0 Å². The molecule has 0 fully saturated rings. The van der Waals surface area contributed by atoms with Gasteiger partial charge in [0.05, 0.1) is 18.0 Å². The fourth-order valence-electron chi connectivity index (χ4n) is 2.76. The van der Waals surface area contributed by atoms with E-state index in [9.17, 15) is 24.3 Å². The summed E-state index contributed by atoms with van der Waals surface area (Å²) in [7, 11) is 0. The maximum atomic E-state index is 12.5. The van der Waals surface area contributed by atoms with Crippen LogP contribution in [0.3, 0.4) is 0 Å². The van der Waals surface area contributed by atoms with Crippen molar-refractivity contribution < 1.29 is 29.0 Å². The summed E-state index contributed by atoms with van der Waals surface area (Å²) in [5, 5.41) is 17.0. The number of ether oxygens (including phenoxy) is 1. The molecule has 0 saturated heterocycles. The van der Waals surface area contributed by atoms with Crippen molar-refractivity contribution >= 4 is 23.7 Å². The first-order chi connectivity index (χ1) is 13.2. The average molecular weight is 391 g/mol. The zero-order valence-corrected chi connectivity index (χ0v) is 16.0. The first-order valence-electron chi connectivity index (χ1n) is 9.04. The number of rotatable bonds is 2. The number of carboxylic acid groups (broad SMARTS) is 1. The Bertz CT molecular complexity index is 764. The third-order valence-corrected chi connectivity index (χ3v) is 4.27. The molecular formula is C19H25N3O6. The highest BCUT2D eigenvalue weighted by molar-refractivity contribution is 6.00. The molecule has 0 aliphatic carbocycles. The van der Waals surface area contributed by atoms with Crippen LogP contribution in [-0.4, -0.2) is 53.5 Å². The van der Waals surface area contributed by atoms with Gasteiger partial charge in [-0.3, -0.25) is 14.4 Å². The van der Waals surface area contributed by atoms with Crippen LogP contribution in [0.5, 0.6) is 5.75 Å². The van der Waals surface area contributed by atoms with E-state index in [2.05, 4.69) is 16.0 Å². The van der Waals surface area contributed by atoms with E-state index in [-0.39, 0.29) is 35.8 Å². The maximum Gasteiger partial charge on any atom is 0.326 e. The number of carbonyl (C=O) groups excluding carboxylic acids is 3. The van der Waals surface area contributed by atoms with Gasteiger partial charge < -0.3 is 25.8 Å². The van der Waals surface area contributed by atoms with Crippen LogP contribution >= 0.6 is 0 Å². The van der Waals surface area contributed by atoms with Gasteiger partial charge in [-0.15, -0.1) is 0 Å². The van der Waals surface area contributed by atoms with Crippen molar-refractivity contribution in [2.45, 2.75) is 45.3 Å². The Labute approximate surface area is 162 Å². The van der Waals surface area contributed by atoms with E-state index in [0.717, 1.165) is 0 Å². The van der Waals surface area contributed by atoms with Crippen molar-refractivity contribution in [2.24, 2.45) is 5.92 Å². The molecule has 28 heavy (non-hydrogen) atoms. The van der Waals surface area contributed by atoms with Gasteiger partial charge >= 0.3 is 5.97 Å². The molecule has 1 aromatic carbocycles. The predicted octanol–water partition coefficient (Wildman–Crippen LogP) is 0.298. The number of aliphatic carboxylic acids is 1. The molecule has 9 heteroatoms. The van der Waals surface area contributed by atoms with Crippen LogP contribution in [0.15, 0.2) is 24.3 Å². The van der Waals surface area contributed by atoms with Crippen LogP contribution in [0.1, 0.15) is 37.6 Å². The lowest BCUT2D eigenvalue weighted by Gasteiger charge is -2.25. The minimum atomic E-state index is -1.45. The summed E-state index contributed by atoms with van der Waals surface area (Å²) in [4.78, 5) is 48.9. The van der Waals surface area contributed by atoms with E-state index < -0.39 is 36.3 Å². The van der Waals surface area contributed by atoms with Crippen molar-refractivity contribution in [3.8, 4) is 5.75 Å². The van der Waals surface area contributed by atoms with Crippen LogP contribution in [-0.2, 0) is 14.4 Å². The molecule has 0 spiro atoms. The van der Waals surface area contributed by atoms with Crippen molar-refractivity contribution in [3.05, 3.63) is 29.8 Å². The van der Waals surface area contributed by atoms with Gasteiger partial charge in [0.25, 0.3) is 5.91 Å². The first kappa shape index (κ1) is 21.2. The molecule has 3 atom stereocenters. The zero-order valence-electron chi connectivity index (χ0n) is 16.0. The topological polar surface area (TPSA) is 134 Å². The minimum absolute atomic E-state index is 0.0944. The van der Waals surface area contributed by atoms with Gasteiger partial charge in [-0.2, -0.15) is 0 Å². The highest BCUT2D eigenvalue weighted by atomic mass is 16.5. The van der Waals surface area contributed by atoms with E-state index >= 15 is 0 Å². The molecule has 3 amide bonds. The minimum Gasteiger partial charge on any atom is -0.491 e.